The summed E-state index contributed by atoms with van der Waals surface area (Å²) in [6, 6.07) is 3.54. The Morgan fingerprint density at radius 3 is 2.06 bits per heavy atom. The Kier molecular flexibility index (Phi) is 4.01. The van der Waals surface area contributed by atoms with Crippen molar-refractivity contribution in [3.8, 4) is 0 Å². The Balaban J connectivity index is 3.05. The second-order valence-electron chi connectivity index (χ2n) is 4.49. The van der Waals surface area contributed by atoms with Gasteiger partial charge in [-0.05, 0) is 31.5 Å². The van der Waals surface area contributed by atoms with Crippen molar-refractivity contribution in [1.82, 2.24) is 5.32 Å². The number of alkyl halides is 3. The number of rotatable bonds is 4. The van der Waals surface area contributed by atoms with Gasteiger partial charge >= 0.3 is 6.18 Å². The maximum atomic E-state index is 12.4. The van der Waals surface area contributed by atoms with Gasteiger partial charge in [0, 0.05) is 0 Å². The summed E-state index contributed by atoms with van der Waals surface area (Å²) in [5.74, 6) is 0. The molecule has 0 bridgehead atoms. The molecule has 1 amide bonds. The van der Waals surface area contributed by atoms with Crippen molar-refractivity contribution < 1.29 is 23.1 Å². The number of hydrogen-bond donors (Lipinski definition) is 2. The van der Waals surface area contributed by atoms with Gasteiger partial charge in [0.1, 0.15) is 0 Å². The Morgan fingerprint density at radius 1 is 1.22 bits per heavy atom. The minimum Gasteiger partial charge on any atom is -0.388 e. The van der Waals surface area contributed by atoms with Crippen LogP contribution < -0.4 is 5.32 Å². The van der Waals surface area contributed by atoms with Gasteiger partial charge in [-0.3, -0.25) is 4.79 Å². The van der Waals surface area contributed by atoms with E-state index in [1.165, 1.54) is 26.0 Å². The third kappa shape index (κ3) is 3.46. The van der Waals surface area contributed by atoms with E-state index in [0.29, 0.717) is 12.0 Å². The highest BCUT2D eigenvalue weighted by Gasteiger charge is 2.32. The average molecular weight is 261 g/mol. The number of aliphatic hydroxyl groups is 1. The molecule has 0 heterocycles. The molecule has 0 radical (unpaired) electrons. The van der Waals surface area contributed by atoms with Crippen LogP contribution in [0.25, 0.3) is 0 Å². The highest BCUT2D eigenvalue weighted by molar-refractivity contribution is 5.48. The van der Waals surface area contributed by atoms with Crippen LogP contribution in [0.1, 0.15) is 31.0 Å². The predicted octanol–water partition coefficient (Wildman–Crippen LogP) is 2.26. The van der Waals surface area contributed by atoms with Crippen LogP contribution in [-0.4, -0.2) is 17.1 Å². The van der Waals surface area contributed by atoms with Crippen LogP contribution in [-0.2, 0) is 11.0 Å². The minimum absolute atomic E-state index is 0.403. The summed E-state index contributed by atoms with van der Waals surface area (Å²) in [4.78, 5) is 10.5. The number of hydrogen-bond acceptors (Lipinski definition) is 2. The summed E-state index contributed by atoms with van der Waals surface area (Å²) in [5, 5.41) is 12.2. The van der Waals surface area contributed by atoms with Gasteiger partial charge in [0.05, 0.1) is 17.2 Å². The molecule has 18 heavy (non-hydrogen) atoms. The Morgan fingerprint density at radius 2 is 1.72 bits per heavy atom. The molecule has 100 valence electrons. The van der Waals surface area contributed by atoms with E-state index in [0.717, 1.165) is 12.1 Å². The Bertz CT molecular complexity index is 407. The molecule has 0 fully saturated rings. The maximum absolute atomic E-state index is 12.4. The molecule has 0 aromatic heterocycles. The molecule has 0 saturated carbocycles. The highest BCUT2D eigenvalue weighted by atomic mass is 19.4. The predicted molar refractivity (Wildman–Crippen MR) is 59.7 cm³/mol. The fourth-order valence-electron chi connectivity index (χ4n) is 1.64. The zero-order chi connectivity index (χ0) is 14.0. The van der Waals surface area contributed by atoms with Gasteiger partial charge in [-0.1, -0.05) is 12.1 Å². The molecular weight excluding hydrogens is 247 g/mol. The van der Waals surface area contributed by atoms with E-state index in [1.54, 1.807) is 0 Å². The van der Waals surface area contributed by atoms with Crippen molar-refractivity contribution in [2.24, 2.45) is 0 Å². The lowest BCUT2D eigenvalue weighted by Gasteiger charge is -2.29. The molecule has 0 saturated heterocycles. The third-order valence-corrected chi connectivity index (χ3v) is 2.51. The fraction of sp³-hybridized carbons (Fsp3) is 0.417. The molecule has 0 spiro atoms. The first-order valence-electron chi connectivity index (χ1n) is 5.25. The van der Waals surface area contributed by atoms with Gasteiger partial charge < -0.3 is 10.4 Å². The van der Waals surface area contributed by atoms with Crippen LogP contribution in [0.5, 0.6) is 0 Å². The average Bonchev–Trinajstić information content (AvgIpc) is 2.23. The van der Waals surface area contributed by atoms with Crippen LogP contribution in [0.2, 0.25) is 0 Å². The van der Waals surface area contributed by atoms with E-state index >= 15 is 0 Å². The Labute approximate surface area is 103 Å². The van der Waals surface area contributed by atoms with Crippen molar-refractivity contribution in [2.75, 3.05) is 0 Å². The largest absolute Gasteiger partial charge is 0.416 e. The van der Waals surface area contributed by atoms with Gasteiger partial charge in [0.15, 0.2) is 0 Å². The second kappa shape index (κ2) is 4.97. The standard InChI is InChI=1S/C12H14F3NO2/c1-11(2,18)10(16-7-17)8-3-5-9(6-4-8)12(13,14)15/h3-7,10,18H,1-2H3,(H,16,17). The summed E-state index contributed by atoms with van der Waals surface area (Å²) >= 11 is 0. The lowest BCUT2D eigenvalue weighted by Crippen LogP contribution is -2.38. The van der Waals surface area contributed by atoms with E-state index < -0.39 is 23.4 Å². The zero-order valence-corrected chi connectivity index (χ0v) is 9.95. The quantitative estimate of drug-likeness (QED) is 0.817. The first-order valence-corrected chi connectivity index (χ1v) is 5.25. The van der Waals surface area contributed by atoms with Crippen molar-refractivity contribution in [2.45, 2.75) is 31.7 Å². The summed E-state index contributed by atoms with van der Waals surface area (Å²) in [6.45, 7) is 2.93. The number of carbonyl (C=O) groups is 1. The van der Waals surface area contributed by atoms with E-state index in [1.807, 2.05) is 0 Å². The van der Waals surface area contributed by atoms with E-state index in [9.17, 15) is 23.1 Å². The highest BCUT2D eigenvalue weighted by Crippen LogP contribution is 2.31. The molecule has 1 unspecified atom stereocenters. The molecule has 1 rings (SSSR count). The maximum Gasteiger partial charge on any atom is 0.416 e. The second-order valence-corrected chi connectivity index (χ2v) is 4.49. The lowest BCUT2D eigenvalue weighted by atomic mass is 9.91. The molecule has 1 aromatic rings. The van der Waals surface area contributed by atoms with Gasteiger partial charge in [0.25, 0.3) is 0 Å². The summed E-state index contributed by atoms with van der Waals surface area (Å²) in [7, 11) is 0. The lowest BCUT2D eigenvalue weighted by molar-refractivity contribution is -0.137. The van der Waals surface area contributed by atoms with Crippen molar-refractivity contribution in [3.63, 3.8) is 0 Å². The van der Waals surface area contributed by atoms with Gasteiger partial charge in [-0.25, -0.2) is 0 Å². The first kappa shape index (κ1) is 14.5. The van der Waals surface area contributed by atoms with Crippen molar-refractivity contribution in [1.29, 1.82) is 0 Å². The Hall–Kier alpha value is -1.56. The molecule has 6 heteroatoms. The van der Waals surface area contributed by atoms with Gasteiger partial charge in [0.2, 0.25) is 6.41 Å². The number of amides is 1. The molecule has 0 aliphatic carbocycles. The van der Waals surface area contributed by atoms with Crippen LogP contribution >= 0.6 is 0 Å². The van der Waals surface area contributed by atoms with Crippen LogP contribution in [0.3, 0.4) is 0 Å². The first-order chi connectivity index (χ1) is 8.16. The van der Waals surface area contributed by atoms with Crippen LogP contribution in [0.4, 0.5) is 13.2 Å². The topological polar surface area (TPSA) is 49.3 Å². The number of halogens is 3. The van der Waals surface area contributed by atoms with E-state index in [-0.39, 0.29) is 0 Å². The molecule has 0 aliphatic heterocycles. The molecule has 3 nitrogen and oxygen atoms in total. The third-order valence-electron chi connectivity index (χ3n) is 2.51. The number of carbonyl (C=O) groups excluding carboxylic acids is 1. The molecule has 0 aliphatic rings. The molecule has 2 N–H and O–H groups in total. The molecular formula is C12H14F3NO2. The van der Waals surface area contributed by atoms with Gasteiger partial charge in [-0.2, -0.15) is 13.2 Å². The van der Waals surface area contributed by atoms with E-state index in [2.05, 4.69) is 5.32 Å². The summed E-state index contributed by atoms with van der Waals surface area (Å²) in [5.41, 5.74) is -1.64. The smallest absolute Gasteiger partial charge is 0.388 e. The minimum atomic E-state index is -4.40. The number of nitrogens with one attached hydrogen (secondary N) is 1. The summed E-state index contributed by atoms with van der Waals surface area (Å²) < 4.78 is 37.1. The number of benzene rings is 1. The zero-order valence-electron chi connectivity index (χ0n) is 9.95. The van der Waals surface area contributed by atoms with E-state index in [4.69, 9.17) is 0 Å². The molecule has 1 aromatic carbocycles. The monoisotopic (exact) mass is 261 g/mol. The fourth-order valence-corrected chi connectivity index (χ4v) is 1.64. The SMILES string of the molecule is CC(C)(O)C(NC=O)c1ccc(C(F)(F)F)cc1. The molecule has 1 atom stereocenters. The van der Waals surface area contributed by atoms with Crippen molar-refractivity contribution >= 4 is 6.41 Å². The van der Waals surface area contributed by atoms with Crippen molar-refractivity contribution in [3.05, 3.63) is 35.4 Å². The normalized spacial score (nSPS) is 14.1. The van der Waals surface area contributed by atoms with Gasteiger partial charge in [-0.15, -0.1) is 0 Å². The summed E-state index contributed by atoms with van der Waals surface area (Å²) in [6.07, 6.45) is -4.00. The van der Waals surface area contributed by atoms with Crippen LogP contribution in [0.15, 0.2) is 24.3 Å². The van der Waals surface area contributed by atoms with Crippen LogP contribution in [0, 0.1) is 0 Å².